The summed E-state index contributed by atoms with van der Waals surface area (Å²) in [5.41, 5.74) is 4.86. The van der Waals surface area contributed by atoms with Gasteiger partial charge in [-0.05, 0) is 48.2 Å². The van der Waals surface area contributed by atoms with E-state index in [1.807, 2.05) is 48.4 Å². The molecular weight excluding hydrogens is 410 g/mol. The first-order chi connectivity index (χ1) is 15.1. The van der Waals surface area contributed by atoms with Gasteiger partial charge in [0.05, 0.1) is 5.75 Å². The van der Waals surface area contributed by atoms with Crippen LogP contribution in [-0.4, -0.2) is 44.0 Å². The minimum atomic E-state index is -0.0776. The zero-order valence-corrected chi connectivity index (χ0v) is 18.1. The minimum Gasteiger partial charge on any atom is -0.351 e. The number of fused-ring (bicyclic) bond motifs is 1. The second-order valence-corrected chi connectivity index (χ2v) is 8.21. The first-order valence-corrected chi connectivity index (χ1v) is 11.1. The molecule has 3 aromatic rings. The maximum atomic E-state index is 12.8. The molecule has 0 saturated heterocycles. The lowest BCUT2D eigenvalue weighted by molar-refractivity contribution is -0.118. The van der Waals surface area contributed by atoms with Crippen molar-refractivity contribution in [3.63, 3.8) is 0 Å². The van der Waals surface area contributed by atoms with Crippen LogP contribution in [0.4, 0.5) is 0 Å². The zero-order valence-electron chi connectivity index (χ0n) is 17.2. The molecule has 0 atom stereocenters. The van der Waals surface area contributed by atoms with E-state index < -0.39 is 0 Å². The number of hydrogen-bond donors (Lipinski definition) is 1. The second kappa shape index (κ2) is 9.70. The van der Waals surface area contributed by atoms with E-state index in [0.29, 0.717) is 30.4 Å². The third-order valence-electron chi connectivity index (χ3n) is 5.24. The summed E-state index contributed by atoms with van der Waals surface area (Å²) in [5, 5.41) is 3.56. The molecule has 3 heterocycles. The Hall–Kier alpha value is -3.26. The van der Waals surface area contributed by atoms with Crippen molar-refractivity contribution in [3.05, 3.63) is 82.9 Å². The lowest BCUT2D eigenvalue weighted by Gasteiger charge is -2.30. The van der Waals surface area contributed by atoms with E-state index in [9.17, 15) is 9.59 Å². The molecule has 1 N–H and O–H groups in total. The Morgan fingerprint density at radius 3 is 2.65 bits per heavy atom. The smallest absolute Gasteiger partial charge is 0.254 e. The van der Waals surface area contributed by atoms with Crippen molar-refractivity contribution in [1.82, 2.24) is 25.2 Å². The Kier molecular flexibility index (Phi) is 6.57. The number of benzene rings is 1. The summed E-state index contributed by atoms with van der Waals surface area (Å²) in [6.07, 6.45) is 5.91. The summed E-state index contributed by atoms with van der Waals surface area (Å²) in [5.74, 6) is 0.207. The molecule has 0 spiro atoms. The van der Waals surface area contributed by atoms with E-state index in [1.54, 1.807) is 18.5 Å². The van der Waals surface area contributed by atoms with Crippen molar-refractivity contribution < 1.29 is 9.59 Å². The number of pyridine rings is 1. The van der Waals surface area contributed by atoms with Crippen LogP contribution in [0.25, 0.3) is 0 Å². The minimum absolute atomic E-state index is 0.0295. The van der Waals surface area contributed by atoms with Crippen LogP contribution >= 0.6 is 11.8 Å². The van der Waals surface area contributed by atoms with Crippen molar-refractivity contribution in [2.24, 2.45) is 0 Å². The fraction of sp³-hybridized carbons (Fsp3) is 0.261. The van der Waals surface area contributed by atoms with E-state index in [0.717, 1.165) is 23.2 Å². The van der Waals surface area contributed by atoms with Gasteiger partial charge in [0.15, 0.2) is 5.16 Å². The van der Waals surface area contributed by atoms with Gasteiger partial charge in [0.1, 0.15) is 0 Å². The van der Waals surface area contributed by atoms with E-state index >= 15 is 0 Å². The molecule has 0 unspecified atom stereocenters. The van der Waals surface area contributed by atoms with Crippen molar-refractivity contribution in [2.75, 3.05) is 12.3 Å². The molecule has 1 aliphatic heterocycles. The lowest BCUT2D eigenvalue weighted by atomic mass is 9.94. The first kappa shape index (κ1) is 21.0. The molecule has 158 valence electrons. The Morgan fingerprint density at radius 2 is 1.87 bits per heavy atom. The van der Waals surface area contributed by atoms with Crippen LogP contribution in [0.2, 0.25) is 0 Å². The SMILES string of the molecule is Cc1ncc2c(c1CNC(=O)CSc1ncccn1)CCN(C(=O)c1ccccc1)C2. The van der Waals surface area contributed by atoms with Crippen molar-refractivity contribution >= 4 is 23.6 Å². The van der Waals surface area contributed by atoms with Gasteiger partial charge in [0, 0.05) is 49.5 Å². The predicted octanol–water partition coefficient (Wildman–Crippen LogP) is 2.79. The molecule has 2 aromatic heterocycles. The fourth-order valence-electron chi connectivity index (χ4n) is 3.62. The molecule has 4 rings (SSSR count). The molecule has 7 nitrogen and oxygen atoms in total. The van der Waals surface area contributed by atoms with Crippen LogP contribution in [0, 0.1) is 6.92 Å². The highest BCUT2D eigenvalue weighted by Crippen LogP contribution is 2.25. The average Bonchev–Trinajstić information content (AvgIpc) is 2.82. The first-order valence-electron chi connectivity index (χ1n) is 10.1. The summed E-state index contributed by atoms with van der Waals surface area (Å²) >= 11 is 1.30. The van der Waals surface area contributed by atoms with Gasteiger partial charge in [-0.3, -0.25) is 14.6 Å². The molecule has 1 aromatic carbocycles. The summed E-state index contributed by atoms with van der Waals surface area (Å²) in [4.78, 5) is 39.7. The number of aryl methyl sites for hydroxylation is 1. The summed E-state index contributed by atoms with van der Waals surface area (Å²) < 4.78 is 0. The topological polar surface area (TPSA) is 88.1 Å². The van der Waals surface area contributed by atoms with E-state index in [2.05, 4.69) is 20.3 Å². The maximum Gasteiger partial charge on any atom is 0.254 e. The normalized spacial score (nSPS) is 12.9. The van der Waals surface area contributed by atoms with Gasteiger partial charge in [-0.2, -0.15) is 0 Å². The van der Waals surface area contributed by atoms with Crippen molar-refractivity contribution in [2.45, 2.75) is 31.6 Å². The van der Waals surface area contributed by atoms with Crippen molar-refractivity contribution in [1.29, 1.82) is 0 Å². The van der Waals surface area contributed by atoms with E-state index in [4.69, 9.17) is 0 Å². The molecule has 2 amide bonds. The summed E-state index contributed by atoms with van der Waals surface area (Å²) in [6.45, 7) is 3.55. The van der Waals surface area contributed by atoms with Crippen LogP contribution < -0.4 is 5.32 Å². The highest BCUT2D eigenvalue weighted by atomic mass is 32.2. The van der Waals surface area contributed by atoms with Gasteiger partial charge in [0.25, 0.3) is 5.91 Å². The number of thioether (sulfide) groups is 1. The predicted molar refractivity (Wildman–Crippen MR) is 118 cm³/mol. The van der Waals surface area contributed by atoms with E-state index in [1.165, 1.54) is 17.3 Å². The second-order valence-electron chi connectivity index (χ2n) is 7.27. The number of nitrogens with one attached hydrogen (secondary N) is 1. The van der Waals surface area contributed by atoms with Crippen molar-refractivity contribution in [3.8, 4) is 0 Å². The number of rotatable bonds is 6. The molecule has 0 radical (unpaired) electrons. The quantitative estimate of drug-likeness (QED) is 0.475. The third-order valence-corrected chi connectivity index (χ3v) is 6.12. The molecule has 8 heteroatoms. The van der Waals surface area contributed by atoms with Crippen LogP contribution in [-0.2, 0) is 24.3 Å². The Labute approximate surface area is 185 Å². The van der Waals surface area contributed by atoms with E-state index in [-0.39, 0.29) is 17.6 Å². The van der Waals surface area contributed by atoms with Gasteiger partial charge in [-0.15, -0.1) is 0 Å². The zero-order chi connectivity index (χ0) is 21.6. The monoisotopic (exact) mass is 433 g/mol. The van der Waals surface area contributed by atoms with Gasteiger partial charge in [-0.25, -0.2) is 9.97 Å². The standard InChI is InChI=1S/C23H23N5O2S/c1-16-20(13-27-21(29)15-31-23-24-9-5-10-25-23)19-8-11-28(14-18(19)12-26-16)22(30)17-6-3-2-4-7-17/h2-7,9-10,12H,8,11,13-15H2,1H3,(H,27,29). The molecule has 31 heavy (non-hydrogen) atoms. The van der Waals surface area contributed by atoms with Gasteiger partial charge >= 0.3 is 0 Å². The third kappa shape index (κ3) is 5.08. The van der Waals surface area contributed by atoms with Gasteiger partial charge in [0.2, 0.25) is 5.91 Å². The van der Waals surface area contributed by atoms with Crippen LogP contribution in [0.5, 0.6) is 0 Å². The number of aromatic nitrogens is 3. The maximum absolute atomic E-state index is 12.8. The number of carbonyl (C=O) groups excluding carboxylic acids is 2. The molecular formula is C23H23N5O2S. The molecule has 0 saturated carbocycles. The number of hydrogen-bond acceptors (Lipinski definition) is 6. The van der Waals surface area contributed by atoms with Gasteiger partial charge < -0.3 is 10.2 Å². The lowest BCUT2D eigenvalue weighted by Crippen LogP contribution is -2.37. The summed E-state index contributed by atoms with van der Waals surface area (Å²) in [6, 6.07) is 11.1. The molecule has 0 fully saturated rings. The number of amides is 2. The largest absolute Gasteiger partial charge is 0.351 e. The molecule has 1 aliphatic rings. The average molecular weight is 434 g/mol. The number of nitrogens with zero attached hydrogens (tertiary/aromatic N) is 4. The summed E-state index contributed by atoms with van der Waals surface area (Å²) in [7, 11) is 0. The van der Waals surface area contributed by atoms with Crippen LogP contribution in [0.1, 0.15) is 32.7 Å². The highest BCUT2D eigenvalue weighted by molar-refractivity contribution is 7.99. The van der Waals surface area contributed by atoms with Crippen LogP contribution in [0.3, 0.4) is 0 Å². The number of carbonyl (C=O) groups is 2. The van der Waals surface area contributed by atoms with Crippen LogP contribution in [0.15, 0.2) is 60.1 Å². The highest BCUT2D eigenvalue weighted by Gasteiger charge is 2.24. The molecule has 0 bridgehead atoms. The fourth-order valence-corrected chi connectivity index (χ4v) is 4.25. The Balaban J connectivity index is 1.40. The Bertz CT molecular complexity index is 1080. The Morgan fingerprint density at radius 1 is 1.10 bits per heavy atom. The molecule has 0 aliphatic carbocycles. The van der Waals surface area contributed by atoms with Gasteiger partial charge in [-0.1, -0.05) is 30.0 Å².